The van der Waals surface area contributed by atoms with Crippen LogP contribution in [-0.2, 0) is 45.2 Å². The molecule has 0 unspecified atom stereocenters. The van der Waals surface area contributed by atoms with Crippen LogP contribution in [0.15, 0.2) is 0 Å². The Morgan fingerprint density at radius 2 is 0.869 bits per heavy atom. The van der Waals surface area contributed by atoms with Crippen molar-refractivity contribution in [2.45, 2.75) is 257 Å². The highest BCUT2D eigenvalue weighted by molar-refractivity contribution is 6.72. The van der Waals surface area contributed by atoms with Crippen molar-refractivity contribution < 1.29 is 50.3 Å². The first-order valence-electron chi connectivity index (χ1n) is 23.7. The van der Waals surface area contributed by atoms with Crippen LogP contribution in [0.5, 0.6) is 0 Å². The fourth-order valence-electron chi connectivity index (χ4n) is 7.65. The molecular formula is C43H98O11Si7. The molecule has 18 heteroatoms. The summed E-state index contributed by atoms with van der Waals surface area (Å²) in [7, 11) is -15.4. The zero-order valence-electron chi connectivity index (χ0n) is 43.6. The van der Waals surface area contributed by atoms with E-state index in [0.29, 0.717) is 13.0 Å². The third-order valence-corrected chi connectivity index (χ3v) is 17.0. The van der Waals surface area contributed by atoms with Gasteiger partial charge in [0.1, 0.15) is 42.2 Å². The molecule has 0 bridgehead atoms. The largest absolute Gasteiger partial charge is 0.415 e. The van der Waals surface area contributed by atoms with Crippen LogP contribution in [0.3, 0.4) is 0 Å². The first-order chi connectivity index (χ1) is 27.4. The molecule has 0 saturated carbocycles. The van der Waals surface area contributed by atoms with E-state index < -0.39 is 113 Å². The molecule has 0 aliphatic carbocycles. The maximum Gasteiger partial charge on any atom is 0.221 e. The molecule has 2 aliphatic rings. The average molecular weight is 988 g/mol. The third kappa shape index (κ3) is 21.7. The molecule has 0 spiro atoms. The van der Waals surface area contributed by atoms with Crippen LogP contribution in [0.4, 0.5) is 0 Å². The quantitative estimate of drug-likeness (QED) is 0.0597. The molecule has 61 heavy (non-hydrogen) atoms. The van der Waals surface area contributed by atoms with E-state index in [1.54, 1.807) is 0 Å². The van der Waals surface area contributed by atoms with Crippen LogP contribution in [0.1, 0.15) is 64.7 Å². The molecule has 0 radical (unpaired) electrons. The van der Waals surface area contributed by atoms with E-state index >= 15 is 0 Å². The smallest absolute Gasteiger partial charge is 0.221 e. The fourth-order valence-corrected chi connectivity index (χ4v) is 14.0. The highest BCUT2D eigenvalue weighted by Gasteiger charge is 2.65. The van der Waals surface area contributed by atoms with Crippen molar-refractivity contribution in [1.82, 2.24) is 0 Å². The molecular weight excluding hydrogens is 889 g/mol. The maximum absolute atomic E-state index is 13.7. The highest BCUT2D eigenvalue weighted by Crippen LogP contribution is 2.46. The Kier molecular flexibility index (Phi) is 21.9. The Bertz CT molecular complexity index is 1280. The maximum atomic E-state index is 13.7. The number of rotatable bonds is 28. The van der Waals surface area contributed by atoms with Crippen molar-refractivity contribution in [1.29, 1.82) is 0 Å². The Balaban J connectivity index is 2.94. The Morgan fingerprint density at radius 1 is 0.459 bits per heavy atom. The van der Waals surface area contributed by atoms with E-state index in [2.05, 4.69) is 144 Å². The summed E-state index contributed by atoms with van der Waals surface area (Å²) in [5.74, 6) is -1.49. The Morgan fingerprint density at radius 3 is 1.31 bits per heavy atom. The second kappa shape index (κ2) is 22.9. The van der Waals surface area contributed by atoms with Crippen LogP contribution in [0.25, 0.3) is 0 Å². The molecule has 2 fully saturated rings. The molecule has 0 aromatic carbocycles. The van der Waals surface area contributed by atoms with Crippen LogP contribution in [0.2, 0.25) is 137 Å². The van der Waals surface area contributed by atoms with Crippen molar-refractivity contribution in [3.8, 4) is 0 Å². The topological polar surface area (TPSA) is 113 Å². The lowest BCUT2D eigenvalue weighted by Crippen LogP contribution is -2.73. The van der Waals surface area contributed by atoms with Gasteiger partial charge in [-0.15, -0.1) is 0 Å². The fraction of sp³-hybridized carbons (Fsp3) is 1.00. The number of hydrogen-bond donors (Lipinski definition) is 1. The van der Waals surface area contributed by atoms with Gasteiger partial charge in [0, 0.05) is 0 Å². The molecule has 1 N–H and O–H groups in total. The van der Waals surface area contributed by atoms with Crippen molar-refractivity contribution in [2.24, 2.45) is 0 Å². The molecule has 364 valence electrons. The van der Waals surface area contributed by atoms with Gasteiger partial charge in [0.25, 0.3) is 0 Å². The summed E-state index contributed by atoms with van der Waals surface area (Å²) in [4.78, 5) is 0. The van der Waals surface area contributed by atoms with Crippen LogP contribution in [-0.4, -0.2) is 137 Å². The summed E-state index contributed by atoms with van der Waals surface area (Å²) in [5.41, 5.74) is -1.47. The summed E-state index contributed by atoms with van der Waals surface area (Å²) in [6.45, 7) is 48.7. The van der Waals surface area contributed by atoms with E-state index in [4.69, 9.17) is 45.2 Å². The van der Waals surface area contributed by atoms with Crippen molar-refractivity contribution in [3.05, 3.63) is 0 Å². The van der Waals surface area contributed by atoms with Gasteiger partial charge in [-0.2, -0.15) is 0 Å². The minimum absolute atomic E-state index is 0.0910. The third-order valence-electron chi connectivity index (χ3n) is 10.1. The van der Waals surface area contributed by atoms with Gasteiger partial charge in [-0.05, 0) is 144 Å². The summed E-state index contributed by atoms with van der Waals surface area (Å²) in [5, 5.41) is 13.7. The van der Waals surface area contributed by atoms with E-state index in [1.807, 2.05) is 0 Å². The molecule has 9 atom stereocenters. The standard InChI is InChI=1S/C43H98O11Si7/c1-23-24-25-26-27-28-29-30-31-42(44)38(52-59(14,15)16)36(33-46-56(5,6)7)48-41(40(42)54-61(20,21)22)50-43(34-47-57(8,9)10)39(53-60(17,18)19)37(51-58(11,12)13)35(49-43)32-45-55(2,3)4/h35-41,44H,23-34H2,1-22H3/t35-,36-,37-,38-,39+,40+,41-,42-,43+/m1/s1. The van der Waals surface area contributed by atoms with E-state index in [-0.39, 0.29) is 13.2 Å². The van der Waals surface area contributed by atoms with Gasteiger partial charge < -0.3 is 50.3 Å². The van der Waals surface area contributed by atoms with Crippen molar-refractivity contribution >= 4 is 58.2 Å². The van der Waals surface area contributed by atoms with Gasteiger partial charge in [-0.25, -0.2) is 0 Å². The van der Waals surface area contributed by atoms with Crippen LogP contribution >= 0.6 is 0 Å². The second-order valence-corrected chi connectivity index (χ2v) is 56.1. The predicted octanol–water partition coefficient (Wildman–Crippen LogP) is 11.5. The number of hydrogen-bond acceptors (Lipinski definition) is 11. The predicted molar refractivity (Wildman–Crippen MR) is 270 cm³/mol. The monoisotopic (exact) mass is 987 g/mol. The van der Waals surface area contributed by atoms with E-state index in [9.17, 15) is 5.11 Å². The van der Waals surface area contributed by atoms with E-state index in [0.717, 1.165) is 19.3 Å². The minimum Gasteiger partial charge on any atom is -0.415 e. The van der Waals surface area contributed by atoms with Crippen LogP contribution < -0.4 is 0 Å². The van der Waals surface area contributed by atoms with Gasteiger partial charge in [-0.3, -0.25) is 0 Å². The lowest BCUT2D eigenvalue weighted by atomic mass is 9.80. The molecule has 2 rings (SSSR count). The summed E-state index contributed by atoms with van der Waals surface area (Å²) in [6.07, 6.45) is 4.65. The zero-order chi connectivity index (χ0) is 47.1. The van der Waals surface area contributed by atoms with Gasteiger partial charge in [0.15, 0.2) is 64.5 Å². The van der Waals surface area contributed by atoms with Gasteiger partial charge in [0.2, 0.25) is 5.79 Å². The lowest BCUT2D eigenvalue weighted by Gasteiger charge is -2.55. The Labute approximate surface area is 383 Å². The molecule has 11 nitrogen and oxygen atoms in total. The van der Waals surface area contributed by atoms with Crippen molar-refractivity contribution in [3.63, 3.8) is 0 Å². The minimum atomic E-state index is -2.40. The SMILES string of the molecule is CCCCCCCCCC[C@@]1(O)[C@H](O[Si](C)(C)C)[C@@H](CO[Si](C)(C)C)O[C@H](O[C@]2(CO[Si](C)(C)C)O[C@H](CO[Si](C)(C)C)[C@@H](O[Si](C)(C)C)[C@@H]2O[Si](C)(C)C)[C@@H]1O[Si](C)(C)C. The average Bonchev–Trinajstić information content (AvgIpc) is 3.30. The Hall–Kier alpha value is 1.08. The molecule has 0 amide bonds. The summed E-state index contributed by atoms with van der Waals surface area (Å²) in [6, 6.07) is 0. The highest BCUT2D eigenvalue weighted by atomic mass is 28.4. The molecule has 0 aromatic heterocycles. The van der Waals surface area contributed by atoms with Gasteiger partial charge in [-0.1, -0.05) is 58.3 Å². The second-order valence-electron chi connectivity index (χ2n) is 24.7. The number of aliphatic hydroxyl groups is 1. The van der Waals surface area contributed by atoms with Gasteiger partial charge in [0.05, 0.1) is 19.8 Å². The summed E-state index contributed by atoms with van der Waals surface area (Å²) < 4.78 is 70.9. The lowest BCUT2D eigenvalue weighted by molar-refractivity contribution is -0.392. The molecule has 2 saturated heterocycles. The molecule has 0 aromatic rings. The number of unbranched alkanes of at least 4 members (excludes halogenated alkanes) is 7. The van der Waals surface area contributed by atoms with Crippen LogP contribution in [0, 0.1) is 0 Å². The first-order valence-corrected chi connectivity index (χ1v) is 47.6. The van der Waals surface area contributed by atoms with Gasteiger partial charge >= 0.3 is 0 Å². The first kappa shape index (κ1) is 58.2. The summed E-state index contributed by atoms with van der Waals surface area (Å²) >= 11 is 0. The normalized spacial score (nSPS) is 30.0. The van der Waals surface area contributed by atoms with E-state index in [1.165, 1.54) is 32.1 Å². The van der Waals surface area contributed by atoms with Crippen molar-refractivity contribution in [2.75, 3.05) is 19.8 Å². The molecule has 2 heterocycles. The molecule has 2 aliphatic heterocycles. The number of ether oxygens (including phenoxy) is 3. The zero-order valence-corrected chi connectivity index (χ0v) is 50.6.